The Morgan fingerprint density at radius 1 is 1.14 bits per heavy atom. The molecule has 0 aromatic heterocycles. The molecular formula is C17H23NO3. The van der Waals surface area contributed by atoms with Crippen LogP contribution >= 0.6 is 0 Å². The van der Waals surface area contributed by atoms with Crippen LogP contribution < -0.4 is 5.32 Å². The van der Waals surface area contributed by atoms with Crippen molar-refractivity contribution >= 4 is 17.6 Å². The summed E-state index contributed by atoms with van der Waals surface area (Å²) >= 11 is 0. The molecule has 0 radical (unpaired) electrons. The smallest absolute Gasteiger partial charge is 0.339 e. The molecule has 1 aromatic rings. The molecule has 0 bridgehead atoms. The van der Waals surface area contributed by atoms with E-state index in [0.717, 1.165) is 5.56 Å². The van der Waals surface area contributed by atoms with Crippen LogP contribution in [-0.2, 0) is 9.53 Å². The van der Waals surface area contributed by atoms with Crippen molar-refractivity contribution in [3.63, 3.8) is 0 Å². The van der Waals surface area contributed by atoms with E-state index in [0.29, 0.717) is 11.3 Å². The average Bonchev–Trinajstić information content (AvgIpc) is 2.80. The van der Waals surface area contributed by atoms with Crippen LogP contribution in [0.4, 0.5) is 5.69 Å². The number of ether oxygens (including phenoxy) is 1. The lowest BCUT2D eigenvalue weighted by atomic mass is 10.0. The van der Waals surface area contributed by atoms with E-state index in [1.54, 1.807) is 12.1 Å². The first-order valence-electron chi connectivity index (χ1n) is 7.12. The molecule has 1 saturated carbocycles. The molecule has 1 aliphatic carbocycles. The number of carbonyl (C=O) groups excluding carboxylic acids is 2. The first kappa shape index (κ1) is 15.5. The zero-order chi connectivity index (χ0) is 16.0. The van der Waals surface area contributed by atoms with Crippen LogP contribution in [0.15, 0.2) is 18.2 Å². The summed E-state index contributed by atoms with van der Waals surface area (Å²) in [5.74, 6) is -0.542. The van der Waals surface area contributed by atoms with Crippen molar-refractivity contribution in [3.8, 4) is 0 Å². The first-order valence-corrected chi connectivity index (χ1v) is 7.12. The van der Waals surface area contributed by atoms with Gasteiger partial charge < -0.3 is 10.1 Å². The largest absolute Gasteiger partial charge is 0.465 e. The molecule has 0 heterocycles. The zero-order valence-electron chi connectivity index (χ0n) is 13.5. The van der Waals surface area contributed by atoms with Gasteiger partial charge in [0.05, 0.1) is 18.4 Å². The number of rotatable bonds is 3. The van der Waals surface area contributed by atoms with Gasteiger partial charge in [-0.3, -0.25) is 4.79 Å². The van der Waals surface area contributed by atoms with Crippen molar-refractivity contribution in [3.05, 3.63) is 29.3 Å². The summed E-state index contributed by atoms with van der Waals surface area (Å²) in [5, 5.41) is 2.89. The minimum atomic E-state index is -0.441. The fraction of sp³-hybridized carbons (Fsp3) is 0.529. The zero-order valence-corrected chi connectivity index (χ0v) is 13.5. The Balaban J connectivity index is 2.25. The van der Waals surface area contributed by atoms with Gasteiger partial charge in [-0.2, -0.15) is 0 Å². The summed E-state index contributed by atoms with van der Waals surface area (Å²) in [6, 6.07) is 5.34. The lowest BCUT2D eigenvalue weighted by molar-refractivity contribution is -0.118. The van der Waals surface area contributed by atoms with Gasteiger partial charge in [0.2, 0.25) is 5.91 Å². The van der Waals surface area contributed by atoms with Crippen LogP contribution in [0.2, 0.25) is 0 Å². The average molecular weight is 289 g/mol. The Labute approximate surface area is 125 Å². The van der Waals surface area contributed by atoms with Gasteiger partial charge in [0.1, 0.15) is 0 Å². The number of nitrogens with one attached hydrogen (secondary N) is 1. The first-order chi connectivity index (χ1) is 9.62. The second kappa shape index (κ2) is 4.86. The predicted molar refractivity (Wildman–Crippen MR) is 82.2 cm³/mol. The number of carbonyl (C=O) groups is 2. The molecule has 4 nitrogen and oxygen atoms in total. The van der Waals surface area contributed by atoms with Crippen LogP contribution in [0.3, 0.4) is 0 Å². The highest BCUT2D eigenvalue weighted by Crippen LogP contribution is 2.68. The SMILES string of the molecule is COC(=O)c1cc(C)ccc1NC(=O)C1C(C)(C)C1(C)C. The number of methoxy groups -OCH3 is 1. The Kier molecular flexibility index (Phi) is 3.60. The van der Waals surface area contributed by atoms with E-state index in [1.165, 1.54) is 7.11 Å². The molecule has 114 valence electrons. The third kappa shape index (κ3) is 2.43. The molecule has 1 fully saturated rings. The minimum absolute atomic E-state index is 0.0345. The van der Waals surface area contributed by atoms with Crippen molar-refractivity contribution in [2.24, 2.45) is 16.7 Å². The number of amides is 1. The summed E-state index contributed by atoms with van der Waals surface area (Å²) in [4.78, 5) is 24.3. The molecular weight excluding hydrogens is 266 g/mol. The second-order valence-electron chi connectivity index (χ2n) is 6.91. The van der Waals surface area contributed by atoms with Gasteiger partial charge in [0.15, 0.2) is 0 Å². The van der Waals surface area contributed by atoms with E-state index >= 15 is 0 Å². The van der Waals surface area contributed by atoms with E-state index in [1.807, 2.05) is 13.0 Å². The summed E-state index contributed by atoms with van der Waals surface area (Å²) in [7, 11) is 1.34. The van der Waals surface area contributed by atoms with Gasteiger partial charge in [-0.05, 0) is 29.9 Å². The topological polar surface area (TPSA) is 55.4 Å². The van der Waals surface area contributed by atoms with Gasteiger partial charge in [-0.15, -0.1) is 0 Å². The highest BCUT2D eigenvalue weighted by molar-refractivity contribution is 6.03. The van der Waals surface area contributed by atoms with Crippen molar-refractivity contribution in [1.29, 1.82) is 0 Å². The lowest BCUT2D eigenvalue weighted by Crippen LogP contribution is -2.20. The van der Waals surface area contributed by atoms with Crippen molar-refractivity contribution < 1.29 is 14.3 Å². The minimum Gasteiger partial charge on any atom is -0.465 e. The van der Waals surface area contributed by atoms with E-state index in [2.05, 4.69) is 33.0 Å². The summed E-state index contributed by atoms with van der Waals surface area (Å²) in [6.45, 7) is 10.3. The standard InChI is InChI=1S/C17H23NO3/c1-10-7-8-12(11(9-10)15(20)21-6)18-14(19)13-16(2,3)17(13,4)5/h7-9,13H,1-6H3,(H,18,19). The Hall–Kier alpha value is -1.84. The van der Waals surface area contributed by atoms with Crippen molar-refractivity contribution in [1.82, 2.24) is 0 Å². The second-order valence-corrected chi connectivity index (χ2v) is 6.91. The highest BCUT2D eigenvalue weighted by atomic mass is 16.5. The van der Waals surface area contributed by atoms with Gasteiger partial charge in [-0.25, -0.2) is 4.79 Å². The van der Waals surface area contributed by atoms with Crippen LogP contribution in [-0.4, -0.2) is 19.0 Å². The maximum absolute atomic E-state index is 12.5. The molecule has 4 heteroatoms. The Morgan fingerprint density at radius 2 is 1.71 bits per heavy atom. The summed E-state index contributed by atoms with van der Waals surface area (Å²) in [6.07, 6.45) is 0. The number of benzene rings is 1. The quantitative estimate of drug-likeness (QED) is 0.868. The van der Waals surface area contributed by atoms with E-state index in [-0.39, 0.29) is 22.7 Å². The Morgan fingerprint density at radius 3 is 2.19 bits per heavy atom. The molecule has 0 atom stereocenters. The van der Waals surface area contributed by atoms with Crippen LogP contribution in [0.25, 0.3) is 0 Å². The van der Waals surface area contributed by atoms with Crippen molar-refractivity contribution in [2.75, 3.05) is 12.4 Å². The fourth-order valence-corrected chi connectivity index (χ4v) is 3.10. The number of hydrogen-bond acceptors (Lipinski definition) is 3. The number of esters is 1. The molecule has 0 saturated heterocycles. The molecule has 2 rings (SSSR count). The van der Waals surface area contributed by atoms with Gasteiger partial charge >= 0.3 is 5.97 Å². The van der Waals surface area contributed by atoms with E-state index in [4.69, 9.17) is 4.74 Å². The molecule has 21 heavy (non-hydrogen) atoms. The third-order valence-corrected chi connectivity index (χ3v) is 5.12. The maximum Gasteiger partial charge on any atom is 0.339 e. The summed E-state index contributed by atoms with van der Waals surface area (Å²) in [5.41, 5.74) is 1.78. The lowest BCUT2D eigenvalue weighted by Gasteiger charge is -2.11. The highest BCUT2D eigenvalue weighted by Gasteiger charge is 2.68. The normalized spacial score (nSPS) is 19.0. The molecule has 0 spiro atoms. The molecule has 1 aromatic carbocycles. The predicted octanol–water partition coefficient (Wildman–Crippen LogP) is 3.40. The molecule has 1 aliphatic rings. The van der Waals surface area contributed by atoms with Crippen LogP contribution in [0.1, 0.15) is 43.6 Å². The van der Waals surface area contributed by atoms with Crippen molar-refractivity contribution in [2.45, 2.75) is 34.6 Å². The molecule has 1 N–H and O–H groups in total. The van der Waals surface area contributed by atoms with Gasteiger partial charge in [-0.1, -0.05) is 39.3 Å². The van der Waals surface area contributed by atoms with Crippen LogP contribution in [0.5, 0.6) is 0 Å². The third-order valence-electron chi connectivity index (χ3n) is 5.12. The Bertz CT molecular complexity index is 588. The summed E-state index contributed by atoms with van der Waals surface area (Å²) < 4.78 is 4.78. The van der Waals surface area contributed by atoms with E-state index in [9.17, 15) is 9.59 Å². The van der Waals surface area contributed by atoms with Gasteiger partial charge in [0.25, 0.3) is 0 Å². The number of hydrogen-bond donors (Lipinski definition) is 1. The van der Waals surface area contributed by atoms with E-state index < -0.39 is 5.97 Å². The van der Waals surface area contributed by atoms with Crippen LogP contribution in [0, 0.1) is 23.7 Å². The number of aryl methyl sites for hydroxylation is 1. The number of anilines is 1. The molecule has 0 unspecified atom stereocenters. The molecule has 0 aliphatic heterocycles. The fourth-order valence-electron chi connectivity index (χ4n) is 3.10. The monoisotopic (exact) mass is 289 g/mol. The maximum atomic E-state index is 12.5. The van der Waals surface area contributed by atoms with Gasteiger partial charge in [0, 0.05) is 5.92 Å². The molecule has 1 amide bonds.